The minimum absolute atomic E-state index is 0.0297. The van der Waals surface area contributed by atoms with Gasteiger partial charge in [0, 0.05) is 36.3 Å². The van der Waals surface area contributed by atoms with E-state index in [-0.39, 0.29) is 23.8 Å². The lowest BCUT2D eigenvalue weighted by molar-refractivity contribution is -0.918. The molecule has 138 valence electrons. The van der Waals surface area contributed by atoms with Crippen molar-refractivity contribution >= 4 is 11.9 Å². The first kappa shape index (κ1) is 17.3. The Hall–Kier alpha value is -2.14. The van der Waals surface area contributed by atoms with E-state index >= 15 is 0 Å². The number of carbonyl (C=O) groups excluding carboxylic acids is 2. The molecular formula is C21H26N2O3. The van der Waals surface area contributed by atoms with Gasteiger partial charge in [0.25, 0.3) is 0 Å². The number of piperidine rings is 1. The molecular weight excluding hydrogens is 328 g/mol. The number of aliphatic carboxylic acids is 1. The number of hydrogen-bond donors (Lipinski definition) is 2. The van der Waals surface area contributed by atoms with Crippen LogP contribution >= 0.6 is 0 Å². The molecule has 3 aliphatic rings. The standard InChI is InChI=1S/C21H26N2O3/c24-20(18-15-6-7-16(12-15)19(18)21(25)26)22-17-8-10-23(11-9-17)13-14-4-2-1-3-5-14/h1-7,15-19H,8-13H2,(H,22,24)(H,25,26)/t15-,16+,18-,19+/m1/s1. The van der Waals surface area contributed by atoms with Crippen molar-refractivity contribution in [1.82, 2.24) is 5.32 Å². The van der Waals surface area contributed by atoms with Crippen LogP contribution in [0.25, 0.3) is 0 Å². The van der Waals surface area contributed by atoms with E-state index in [4.69, 9.17) is 0 Å². The van der Waals surface area contributed by atoms with Crippen molar-refractivity contribution in [3.8, 4) is 0 Å². The number of benzene rings is 1. The van der Waals surface area contributed by atoms with Crippen LogP contribution < -0.4 is 15.3 Å². The summed E-state index contributed by atoms with van der Waals surface area (Å²) in [5.74, 6) is -2.25. The summed E-state index contributed by atoms with van der Waals surface area (Å²) >= 11 is 0. The second-order valence-corrected chi connectivity index (χ2v) is 8.01. The van der Waals surface area contributed by atoms with Gasteiger partial charge in [0.15, 0.2) is 0 Å². The highest BCUT2D eigenvalue weighted by Crippen LogP contribution is 2.47. The maximum Gasteiger partial charge on any atom is 0.224 e. The zero-order chi connectivity index (χ0) is 18.1. The predicted molar refractivity (Wildman–Crippen MR) is 94.7 cm³/mol. The molecule has 0 radical (unpaired) electrons. The van der Waals surface area contributed by atoms with E-state index in [1.54, 1.807) is 0 Å². The molecule has 1 amide bonds. The Kier molecular flexibility index (Phi) is 4.81. The number of amides is 1. The Morgan fingerprint density at radius 1 is 1.04 bits per heavy atom. The minimum atomic E-state index is -1.08. The number of hydrogen-bond acceptors (Lipinski definition) is 3. The minimum Gasteiger partial charge on any atom is -0.550 e. The molecule has 5 heteroatoms. The summed E-state index contributed by atoms with van der Waals surface area (Å²) in [6, 6.07) is 10.6. The van der Waals surface area contributed by atoms with E-state index < -0.39 is 17.8 Å². The molecule has 1 aromatic carbocycles. The highest BCUT2D eigenvalue weighted by molar-refractivity contribution is 5.86. The average molecular weight is 354 g/mol. The van der Waals surface area contributed by atoms with Crippen LogP contribution in [-0.2, 0) is 16.1 Å². The number of carbonyl (C=O) groups is 2. The van der Waals surface area contributed by atoms with Crippen LogP contribution in [0.5, 0.6) is 0 Å². The third kappa shape index (κ3) is 3.40. The Bertz CT molecular complexity index is 694. The van der Waals surface area contributed by atoms with E-state index in [0.717, 1.165) is 38.9 Å². The molecule has 26 heavy (non-hydrogen) atoms. The lowest BCUT2D eigenvalue weighted by Crippen LogP contribution is -3.12. The number of fused-ring (bicyclic) bond motifs is 2. The van der Waals surface area contributed by atoms with E-state index in [1.807, 2.05) is 18.2 Å². The van der Waals surface area contributed by atoms with E-state index in [0.29, 0.717) is 0 Å². The number of nitrogens with one attached hydrogen (secondary N) is 2. The third-order valence-electron chi connectivity index (χ3n) is 6.37. The Morgan fingerprint density at radius 3 is 2.35 bits per heavy atom. The van der Waals surface area contributed by atoms with Crippen molar-refractivity contribution in [2.24, 2.45) is 23.7 Å². The molecule has 4 atom stereocenters. The van der Waals surface area contributed by atoms with E-state index in [9.17, 15) is 14.7 Å². The first-order valence-electron chi connectivity index (χ1n) is 9.69. The van der Waals surface area contributed by atoms with Crippen LogP contribution in [0.15, 0.2) is 42.5 Å². The summed E-state index contributed by atoms with van der Waals surface area (Å²) in [6.45, 7) is 3.08. The zero-order valence-corrected chi connectivity index (χ0v) is 14.9. The lowest BCUT2D eigenvalue weighted by atomic mass is 9.82. The summed E-state index contributed by atoms with van der Waals surface area (Å²) < 4.78 is 0. The van der Waals surface area contributed by atoms with Crippen LogP contribution in [-0.4, -0.2) is 31.0 Å². The molecule has 1 aromatic rings. The molecule has 2 N–H and O–H groups in total. The fourth-order valence-corrected chi connectivity index (χ4v) is 5.03. The van der Waals surface area contributed by atoms with E-state index in [1.165, 1.54) is 10.5 Å². The molecule has 1 aliphatic heterocycles. The molecule has 1 saturated heterocycles. The van der Waals surface area contributed by atoms with E-state index in [2.05, 4.69) is 29.6 Å². The Balaban J connectivity index is 1.30. The zero-order valence-electron chi connectivity index (χ0n) is 14.9. The third-order valence-corrected chi connectivity index (χ3v) is 6.37. The predicted octanol–water partition coefficient (Wildman–Crippen LogP) is -0.462. The smallest absolute Gasteiger partial charge is 0.224 e. The lowest BCUT2D eigenvalue weighted by Gasteiger charge is -2.33. The second-order valence-electron chi connectivity index (χ2n) is 8.01. The molecule has 1 saturated carbocycles. The van der Waals surface area contributed by atoms with Gasteiger partial charge in [0.1, 0.15) is 6.54 Å². The summed E-state index contributed by atoms with van der Waals surface area (Å²) in [7, 11) is 0. The summed E-state index contributed by atoms with van der Waals surface area (Å²) in [4.78, 5) is 25.8. The van der Waals surface area contributed by atoms with Crippen LogP contribution in [0.2, 0.25) is 0 Å². The van der Waals surface area contributed by atoms with Crippen molar-refractivity contribution in [2.45, 2.75) is 31.8 Å². The van der Waals surface area contributed by atoms with Gasteiger partial charge in [-0.2, -0.15) is 0 Å². The molecule has 0 spiro atoms. The van der Waals surface area contributed by atoms with Gasteiger partial charge < -0.3 is 20.1 Å². The van der Waals surface area contributed by atoms with Gasteiger partial charge in [0.2, 0.25) is 5.91 Å². The molecule has 2 aliphatic carbocycles. The van der Waals surface area contributed by atoms with Gasteiger partial charge in [-0.05, 0) is 18.3 Å². The second kappa shape index (κ2) is 7.23. The number of rotatable bonds is 5. The molecule has 1 heterocycles. The van der Waals surface area contributed by atoms with Crippen molar-refractivity contribution in [3.05, 3.63) is 48.0 Å². The monoisotopic (exact) mass is 354 g/mol. The number of carboxylic acids is 1. The van der Waals surface area contributed by atoms with Gasteiger partial charge in [-0.15, -0.1) is 0 Å². The quantitative estimate of drug-likeness (QED) is 0.703. The van der Waals surface area contributed by atoms with Crippen molar-refractivity contribution in [2.75, 3.05) is 13.1 Å². The highest BCUT2D eigenvalue weighted by Gasteiger charge is 2.49. The van der Waals surface area contributed by atoms with Crippen molar-refractivity contribution < 1.29 is 19.6 Å². The highest BCUT2D eigenvalue weighted by atomic mass is 16.4. The van der Waals surface area contributed by atoms with Gasteiger partial charge in [-0.3, -0.25) is 4.79 Å². The summed E-state index contributed by atoms with van der Waals surface area (Å²) in [6.07, 6.45) is 6.62. The fourth-order valence-electron chi connectivity index (χ4n) is 5.03. The SMILES string of the molecule is O=C([O-])[C@@H]1[C@H](C(=O)NC2CC[NH+](Cc3ccccc3)CC2)[C@@H]2C=C[C@H]1C2. The first-order chi connectivity index (χ1) is 12.6. The van der Waals surface area contributed by atoms with Crippen LogP contribution in [0.3, 0.4) is 0 Å². The Morgan fingerprint density at radius 2 is 1.69 bits per heavy atom. The van der Waals surface area contributed by atoms with Gasteiger partial charge >= 0.3 is 0 Å². The van der Waals surface area contributed by atoms with Crippen LogP contribution in [0.4, 0.5) is 0 Å². The molecule has 4 rings (SSSR count). The van der Waals surface area contributed by atoms with Crippen LogP contribution in [0, 0.1) is 23.7 Å². The average Bonchev–Trinajstić information content (AvgIpc) is 3.25. The molecule has 2 bridgehead atoms. The molecule has 5 nitrogen and oxygen atoms in total. The van der Waals surface area contributed by atoms with Gasteiger partial charge in [-0.1, -0.05) is 42.5 Å². The molecule has 2 fully saturated rings. The Labute approximate surface area is 154 Å². The number of likely N-dealkylation sites (tertiary alicyclic amines) is 1. The number of quaternary nitrogens is 1. The van der Waals surface area contributed by atoms with Crippen molar-refractivity contribution in [3.63, 3.8) is 0 Å². The van der Waals surface area contributed by atoms with Crippen LogP contribution in [0.1, 0.15) is 24.8 Å². The first-order valence-corrected chi connectivity index (χ1v) is 9.69. The normalized spacial score (nSPS) is 35.4. The molecule has 0 unspecified atom stereocenters. The maximum atomic E-state index is 12.7. The fraction of sp³-hybridized carbons (Fsp3) is 0.524. The summed E-state index contributed by atoms with van der Waals surface area (Å²) in [5, 5.41) is 14.6. The number of carboxylic acid groups (broad SMARTS) is 1. The van der Waals surface area contributed by atoms with Crippen molar-refractivity contribution in [1.29, 1.82) is 0 Å². The van der Waals surface area contributed by atoms with Gasteiger partial charge in [-0.25, -0.2) is 0 Å². The summed E-state index contributed by atoms with van der Waals surface area (Å²) in [5.41, 5.74) is 1.34. The van der Waals surface area contributed by atoms with Gasteiger partial charge in [0.05, 0.1) is 19.0 Å². The number of allylic oxidation sites excluding steroid dienone is 2. The maximum absolute atomic E-state index is 12.7. The topological polar surface area (TPSA) is 73.7 Å². The largest absolute Gasteiger partial charge is 0.550 e. The molecule has 0 aromatic heterocycles.